The van der Waals surface area contributed by atoms with Crippen LogP contribution in [-0.2, 0) is 6.54 Å². The first-order chi connectivity index (χ1) is 14.0. The predicted octanol–water partition coefficient (Wildman–Crippen LogP) is 4.93. The van der Waals surface area contributed by atoms with Crippen molar-refractivity contribution in [1.29, 1.82) is 5.26 Å². The largest absolute Gasteiger partial charge is 0.380 e. The van der Waals surface area contributed by atoms with E-state index in [-0.39, 0.29) is 11.7 Å². The third-order valence-corrected chi connectivity index (χ3v) is 4.53. The van der Waals surface area contributed by atoms with Crippen molar-refractivity contribution >= 4 is 23.1 Å². The minimum absolute atomic E-state index is 0.0571. The fraction of sp³-hybridized carbons (Fsp3) is 0.125. The Hall–Kier alpha value is -3.91. The van der Waals surface area contributed by atoms with Crippen LogP contribution in [0.5, 0.6) is 0 Å². The Balaban J connectivity index is 1.71. The van der Waals surface area contributed by atoms with Crippen LogP contribution >= 0.6 is 0 Å². The summed E-state index contributed by atoms with van der Waals surface area (Å²) in [5.41, 5.74) is 4.94. The van der Waals surface area contributed by atoms with Crippen molar-refractivity contribution in [2.75, 3.05) is 10.6 Å². The number of nitriles is 1. The molecule has 144 valence electrons. The topological polar surface area (TPSA) is 82.0 Å². The summed E-state index contributed by atoms with van der Waals surface area (Å²) in [6, 6.07) is 22.0. The van der Waals surface area contributed by atoms with E-state index < -0.39 is 0 Å². The number of anilines is 2. The maximum Gasteiger partial charge on any atom is 0.255 e. The van der Waals surface area contributed by atoms with E-state index >= 15 is 0 Å². The number of nitrogens with zero attached hydrogens (tertiary/aromatic N) is 1. The lowest BCUT2D eigenvalue weighted by molar-refractivity contribution is 0.101. The zero-order valence-corrected chi connectivity index (χ0v) is 16.3. The molecular formula is C24H21N3O2. The van der Waals surface area contributed by atoms with Gasteiger partial charge < -0.3 is 10.6 Å². The molecule has 5 heteroatoms. The Kier molecular flexibility index (Phi) is 6.06. The van der Waals surface area contributed by atoms with E-state index in [4.69, 9.17) is 0 Å². The number of carbonyl (C=O) groups is 2. The summed E-state index contributed by atoms with van der Waals surface area (Å²) in [6.07, 6.45) is 0. The number of ketones is 1. The van der Waals surface area contributed by atoms with E-state index in [0.717, 1.165) is 11.1 Å². The summed E-state index contributed by atoms with van der Waals surface area (Å²) in [5.74, 6) is -0.227. The Labute approximate surface area is 170 Å². The molecule has 5 nitrogen and oxygen atoms in total. The molecule has 0 radical (unpaired) electrons. The lowest BCUT2D eigenvalue weighted by Gasteiger charge is -2.11. The summed E-state index contributed by atoms with van der Waals surface area (Å²) in [5, 5.41) is 15.4. The van der Waals surface area contributed by atoms with Crippen molar-refractivity contribution in [2.24, 2.45) is 0 Å². The lowest BCUT2D eigenvalue weighted by atomic mass is 10.1. The van der Waals surface area contributed by atoms with E-state index in [2.05, 4.69) is 16.7 Å². The first-order valence-corrected chi connectivity index (χ1v) is 9.22. The SMILES string of the molecule is CC(=O)c1ccc(C#N)c(NCc2cccc(NC(=O)c3ccc(C)cc3)c2)c1. The van der Waals surface area contributed by atoms with Crippen LogP contribution in [-0.4, -0.2) is 11.7 Å². The second-order valence-corrected chi connectivity index (χ2v) is 6.80. The molecule has 0 fully saturated rings. The van der Waals surface area contributed by atoms with Crippen molar-refractivity contribution in [1.82, 2.24) is 0 Å². The van der Waals surface area contributed by atoms with Crippen LogP contribution in [0.1, 0.15) is 44.3 Å². The van der Waals surface area contributed by atoms with Gasteiger partial charge in [-0.25, -0.2) is 0 Å². The highest BCUT2D eigenvalue weighted by atomic mass is 16.1. The van der Waals surface area contributed by atoms with Gasteiger partial charge in [-0.3, -0.25) is 9.59 Å². The summed E-state index contributed by atoms with van der Waals surface area (Å²) in [7, 11) is 0. The predicted molar refractivity (Wildman–Crippen MR) is 114 cm³/mol. The van der Waals surface area contributed by atoms with Gasteiger partial charge in [-0.05, 0) is 61.9 Å². The second-order valence-electron chi connectivity index (χ2n) is 6.80. The Morgan fingerprint density at radius 2 is 1.69 bits per heavy atom. The van der Waals surface area contributed by atoms with Gasteiger partial charge in [0.05, 0.1) is 11.3 Å². The molecule has 3 aromatic rings. The van der Waals surface area contributed by atoms with Crippen molar-refractivity contribution in [3.05, 3.63) is 94.5 Å². The molecule has 0 heterocycles. The maximum atomic E-state index is 12.4. The number of hydrogen-bond acceptors (Lipinski definition) is 4. The average molecular weight is 383 g/mol. The van der Waals surface area contributed by atoms with Crippen LogP contribution in [0.2, 0.25) is 0 Å². The number of Topliss-reactive ketones (excluding diaryl/α,β-unsaturated/α-hetero) is 1. The van der Waals surface area contributed by atoms with Crippen molar-refractivity contribution in [2.45, 2.75) is 20.4 Å². The van der Waals surface area contributed by atoms with Crippen LogP contribution < -0.4 is 10.6 Å². The molecule has 0 aliphatic rings. The highest BCUT2D eigenvalue weighted by molar-refractivity contribution is 6.04. The lowest BCUT2D eigenvalue weighted by Crippen LogP contribution is -2.12. The zero-order valence-electron chi connectivity index (χ0n) is 16.3. The van der Waals surface area contributed by atoms with Crippen LogP contribution in [0.3, 0.4) is 0 Å². The standard InChI is InChI=1S/C24H21N3O2/c1-16-6-8-19(9-7-16)24(29)27-22-5-3-4-18(12-22)15-26-23-13-20(17(2)28)10-11-21(23)14-25/h3-13,26H,15H2,1-2H3,(H,27,29). The molecule has 3 rings (SSSR count). The molecular weight excluding hydrogens is 362 g/mol. The normalized spacial score (nSPS) is 10.1. The molecule has 2 N–H and O–H groups in total. The van der Waals surface area contributed by atoms with Gasteiger partial charge >= 0.3 is 0 Å². The fourth-order valence-electron chi connectivity index (χ4n) is 2.87. The monoisotopic (exact) mass is 383 g/mol. The minimum atomic E-state index is -0.170. The number of amides is 1. The number of aryl methyl sites for hydroxylation is 1. The van der Waals surface area contributed by atoms with Crippen molar-refractivity contribution in [3.63, 3.8) is 0 Å². The van der Waals surface area contributed by atoms with Gasteiger partial charge in [0.25, 0.3) is 5.91 Å². The van der Waals surface area contributed by atoms with Crippen LogP contribution in [0.25, 0.3) is 0 Å². The first kappa shape index (κ1) is 19.8. The van der Waals surface area contributed by atoms with Gasteiger partial charge in [0, 0.05) is 23.4 Å². The van der Waals surface area contributed by atoms with Gasteiger partial charge in [0.1, 0.15) is 6.07 Å². The maximum absolute atomic E-state index is 12.4. The number of hydrogen-bond donors (Lipinski definition) is 2. The molecule has 29 heavy (non-hydrogen) atoms. The Morgan fingerprint density at radius 3 is 2.38 bits per heavy atom. The smallest absolute Gasteiger partial charge is 0.255 e. The molecule has 0 spiro atoms. The van der Waals surface area contributed by atoms with Crippen LogP contribution in [0.4, 0.5) is 11.4 Å². The molecule has 1 amide bonds. The fourth-order valence-corrected chi connectivity index (χ4v) is 2.87. The summed E-state index contributed by atoms with van der Waals surface area (Å²) >= 11 is 0. The Morgan fingerprint density at radius 1 is 0.966 bits per heavy atom. The number of rotatable bonds is 6. The Bertz CT molecular complexity index is 1100. The third kappa shape index (κ3) is 5.08. The number of benzene rings is 3. The molecule has 0 saturated heterocycles. The highest BCUT2D eigenvalue weighted by Gasteiger charge is 2.08. The number of nitrogens with one attached hydrogen (secondary N) is 2. The summed E-state index contributed by atoms with van der Waals surface area (Å²) in [6.45, 7) is 3.91. The molecule has 0 aliphatic heterocycles. The highest BCUT2D eigenvalue weighted by Crippen LogP contribution is 2.20. The molecule has 0 aliphatic carbocycles. The molecule has 3 aromatic carbocycles. The number of carbonyl (C=O) groups excluding carboxylic acids is 2. The van der Waals surface area contributed by atoms with Gasteiger partial charge in [0.15, 0.2) is 5.78 Å². The molecule has 0 atom stereocenters. The third-order valence-electron chi connectivity index (χ3n) is 4.53. The molecule has 0 saturated carbocycles. The van der Waals surface area contributed by atoms with Gasteiger partial charge in [-0.1, -0.05) is 29.8 Å². The van der Waals surface area contributed by atoms with Crippen LogP contribution in [0.15, 0.2) is 66.7 Å². The first-order valence-electron chi connectivity index (χ1n) is 9.22. The van der Waals surface area contributed by atoms with E-state index in [1.807, 2.05) is 43.3 Å². The van der Waals surface area contributed by atoms with Gasteiger partial charge in [0.2, 0.25) is 0 Å². The molecule has 0 unspecified atom stereocenters. The minimum Gasteiger partial charge on any atom is -0.380 e. The van der Waals surface area contributed by atoms with Crippen LogP contribution in [0, 0.1) is 18.3 Å². The zero-order chi connectivity index (χ0) is 20.8. The van der Waals surface area contributed by atoms with E-state index in [1.165, 1.54) is 6.92 Å². The van der Waals surface area contributed by atoms with Crippen molar-refractivity contribution < 1.29 is 9.59 Å². The molecule has 0 bridgehead atoms. The summed E-state index contributed by atoms with van der Waals surface area (Å²) in [4.78, 5) is 24.0. The summed E-state index contributed by atoms with van der Waals surface area (Å²) < 4.78 is 0. The second kappa shape index (κ2) is 8.85. The van der Waals surface area contributed by atoms with Crippen molar-refractivity contribution in [3.8, 4) is 6.07 Å². The van der Waals surface area contributed by atoms with Gasteiger partial charge in [-0.15, -0.1) is 0 Å². The van der Waals surface area contributed by atoms with Gasteiger partial charge in [-0.2, -0.15) is 5.26 Å². The average Bonchev–Trinajstić information content (AvgIpc) is 2.72. The van der Waals surface area contributed by atoms with E-state index in [9.17, 15) is 14.9 Å². The van der Waals surface area contributed by atoms with E-state index in [0.29, 0.717) is 34.6 Å². The quantitative estimate of drug-likeness (QED) is 0.591. The van der Waals surface area contributed by atoms with E-state index in [1.54, 1.807) is 30.3 Å². The molecule has 0 aromatic heterocycles.